The first kappa shape index (κ1) is 28.0. The summed E-state index contributed by atoms with van der Waals surface area (Å²) in [5.41, 5.74) is 2.30. The van der Waals surface area contributed by atoms with Crippen molar-refractivity contribution in [3.63, 3.8) is 0 Å². The van der Waals surface area contributed by atoms with Crippen LogP contribution in [0.15, 0.2) is 54.6 Å². The maximum atomic E-state index is 13.0. The van der Waals surface area contributed by atoms with E-state index in [0.29, 0.717) is 22.6 Å². The molecule has 0 aliphatic carbocycles. The van der Waals surface area contributed by atoms with Crippen LogP contribution in [0.4, 0.5) is 14.5 Å². The molecule has 10 nitrogen and oxygen atoms in total. The highest BCUT2D eigenvalue weighted by Gasteiger charge is 2.24. The van der Waals surface area contributed by atoms with Gasteiger partial charge in [0.15, 0.2) is 6.10 Å². The Morgan fingerprint density at radius 2 is 1.68 bits per heavy atom. The van der Waals surface area contributed by atoms with Crippen LogP contribution in [0, 0.1) is 24.0 Å². The summed E-state index contributed by atoms with van der Waals surface area (Å²) in [6.45, 7) is 1.94. The van der Waals surface area contributed by atoms with Crippen molar-refractivity contribution in [2.45, 2.75) is 39.9 Å². The Kier molecular flexibility index (Phi) is 8.89. The van der Waals surface area contributed by atoms with Crippen molar-refractivity contribution in [1.82, 2.24) is 9.88 Å². The quantitative estimate of drug-likeness (QED) is 0.167. The molecular formula is C26H25F2N3O7. The number of carbonyl (C=O) groups is 3. The molecule has 0 fully saturated rings. The van der Waals surface area contributed by atoms with Crippen molar-refractivity contribution in [1.29, 1.82) is 0 Å². The first-order valence-corrected chi connectivity index (χ1v) is 11.5. The number of Topliss-reactive ketones (excluding diaryl/α,β-unsaturated/α-hetero) is 1. The number of halogens is 2. The molecule has 1 atom stereocenters. The number of hydrogen-bond acceptors (Lipinski definition) is 7. The van der Waals surface area contributed by atoms with E-state index in [1.165, 1.54) is 43.3 Å². The molecule has 0 saturated carbocycles. The molecule has 0 radical (unpaired) electrons. The van der Waals surface area contributed by atoms with E-state index in [1.807, 2.05) is 0 Å². The smallest absolute Gasteiger partial charge is 0.387 e. The fourth-order valence-electron chi connectivity index (χ4n) is 3.83. The van der Waals surface area contributed by atoms with Gasteiger partial charge < -0.3 is 19.4 Å². The van der Waals surface area contributed by atoms with Gasteiger partial charge in [-0.3, -0.25) is 24.5 Å². The third kappa shape index (κ3) is 6.78. The Labute approximate surface area is 216 Å². The van der Waals surface area contributed by atoms with Gasteiger partial charge in [-0.05, 0) is 63.2 Å². The molecule has 0 saturated heterocycles. The highest BCUT2D eigenvalue weighted by molar-refractivity contribution is 6.01. The number of hydrogen-bond donors (Lipinski definition) is 1. The lowest BCUT2D eigenvalue weighted by atomic mass is 10.1. The first-order valence-electron chi connectivity index (χ1n) is 11.5. The van der Waals surface area contributed by atoms with Crippen LogP contribution in [0.2, 0.25) is 0 Å². The Morgan fingerprint density at radius 1 is 1.05 bits per heavy atom. The normalized spacial score (nSPS) is 11.6. The fourth-order valence-corrected chi connectivity index (χ4v) is 3.83. The zero-order valence-electron chi connectivity index (χ0n) is 20.8. The molecule has 2 aromatic carbocycles. The molecule has 200 valence electrons. The summed E-state index contributed by atoms with van der Waals surface area (Å²) in [6.07, 6.45) is -1.29. The van der Waals surface area contributed by atoms with Crippen LogP contribution in [-0.2, 0) is 9.53 Å². The predicted octanol–water partition coefficient (Wildman–Crippen LogP) is 4.54. The molecule has 3 rings (SSSR count). The SMILES string of the molecule is Cc1cc(C(=O)[C@@H](C)OC(=O)CCNC(=O)c2ccc([N+](=O)[O-])cc2)c(C)n1-c1ccc(OC(F)F)cc1. The summed E-state index contributed by atoms with van der Waals surface area (Å²) in [5.74, 6) is -1.63. The third-order valence-electron chi connectivity index (χ3n) is 5.65. The van der Waals surface area contributed by atoms with E-state index in [2.05, 4.69) is 10.1 Å². The van der Waals surface area contributed by atoms with Gasteiger partial charge >= 0.3 is 12.6 Å². The minimum atomic E-state index is -2.93. The number of nitro groups is 1. The van der Waals surface area contributed by atoms with Gasteiger partial charge in [0.1, 0.15) is 5.75 Å². The molecule has 0 aliphatic heterocycles. The molecule has 1 aromatic heterocycles. The molecule has 0 aliphatic rings. The van der Waals surface area contributed by atoms with Gasteiger partial charge in [-0.2, -0.15) is 8.78 Å². The fraction of sp³-hybridized carbons (Fsp3) is 0.269. The number of rotatable bonds is 11. The lowest BCUT2D eigenvalue weighted by Crippen LogP contribution is -2.29. The van der Waals surface area contributed by atoms with Crippen LogP contribution in [0.1, 0.15) is 45.4 Å². The minimum absolute atomic E-state index is 0.00646. The van der Waals surface area contributed by atoms with E-state index in [4.69, 9.17) is 4.74 Å². The molecule has 1 amide bonds. The van der Waals surface area contributed by atoms with Crippen molar-refractivity contribution in [3.05, 3.63) is 87.2 Å². The highest BCUT2D eigenvalue weighted by Crippen LogP contribution is 2.25. The van der Waals surface area contributed by atoms with Crippen LogP contribution < -0.4 is 10.1 Å². The zero-order chi connectivity index (χ0) is 28.0. The second-order valence-corrected chi connectivity index (χ2v) is 8.30. The molecular weight excluding hydrogens is 504 g/mol. The van der Waals surface area contributed by atoms with Gasteiger partial charge in [0.2, 0.25) is 5.78 Å². The van der Waals surface area contributed by atoms with Gasteiger partial charge in [0.25, 0.3) is 11.6 Å². The van der Waals surface area contributed by atoms with Crippen LogP contribution in [-0.4, -0.2) is 46.4 Å². The van der Waals surface area contributed by atoms with Crippen molar-refractivity contribution in [2.24, 2.45) is 0 Å². The number of ether oxygens (including phenoxy) is 2. The van der Waals surface area contributed by atoms with E-state index < -0.39 is 35.3 Å². The maximum Gasteiger partial charge on any atom is 0.387 e. The number of aromatic nitrogens is 1. The second kappa shape index (κ2) is 12.1. The number of amides is 1. The van der Waals surface area contributed by atoms with Crippen LogP contribution >= 0.6 is 0 Å². The number of alkyl halides is 2. The summed E-state index contributed by atoms with van der Waals surface area (Å²) < 4.78 is 36.2. The van der Waals surface area contributed by atoms with Gasteiger partial charge in [0, 0.05) is 46.9 Å². The highest BCUT2D eigenvalue weighted by atomic mass is 19.3. The molecule has 0 bridgehead atoms. The maximum absolute atomic E-state index is 13.0. The Hall–Kier alpha value is -4.61. The summed E-state index contributed by atoms with van der Waals surface area (Å²) in [4.78, 5) is 47.5. The Morgan fingerprint density at radius 3 is 2.26 bits per heavy atom. The number of non-ortho nitro benzene ring substituents is 1. The van der Waals surface area contributed by atoms with Gasteiger partial charge in [-0.15, -0.1) is 0 Å². The number of aryl methyl sites for hydroxylation is 1. The number of benzene rings is 2. The number of ketones is 1. The summed E-state index contributed by atoms with van der Waals surface area (Å²) in [7, 11) is 0. The molecule has 3 aromatic rings. The Balaban J connectivity index is 1.56. The molecule has 1 heterocycles. The second-order valence-electron chi connectivity index (χ2n) is 8.30. The number of nitrogens with one attached hydrogen (secondary N) is 1. The van der Waals surface area contributed by atoms with Crippen LogP contribution in [0.5, 0.6) is 5.75 Å². The number of nitrogens with zero attached hydrogens (tertiary/aromatic N) is 2. The number of carbonyl (C=O) groups excluding carboxylic acids is 3. The summed E-state index contributed by atoms with van der Waals surface area (Å²) in [5, 5.41) is 13.2. The molecule has 0 spiro atoms. The van der Waals surface area contributed by atoms with Crippen LogP contribution in [0.25, 0.3) is 5.69 Å². The van der Waals surface area contributed by atoms with Crippen molar-refractivity contribution < 1.29 is 37.6 Å². The standard InChI is InChI=1S/C26H25F2N3O7/c1-15-14-22(16(2)30(15)19-8-10-21(11-9-19)38-26(27)28)24(33)17(3)37-23(32)12-13-29-25(34)18-4-6-20(7-5-18)31(35)36/h4-11,14,17,26H,12-13H2,1-3H3,(H,29,34)/t17-/m1/s1. The molecule has 0 unspecified atom stereocenters. The summed E-state index contributed by atoms with van der Waals surface area (Å²) >= 11 is 0. The first-order chi connectivity index (χ1) is 18.0. The van der Waals surface area contributed by atoms with E-state index in [-0.39, 0.29) is 30.0 Å². The van der Waals surface area contributed by atoms with E-state index >= 15 is 0 Å². The minimum Gasteiger partial charge on any atom is -0.454 e. The van der Waals surface area contributed by atoms with Crippen LogP contribution in [0.3, 0.4) is 0 Å². The van der Waals surface area contributed by atoms with E-state index in [1.54, 1.807) is 36.6 Å². The average molecular weight is 529 g/mol. The van der Waals surface area contributed by atoms with Crippen molar-refractivity contribution >= 4 is 23.3 Å². The zero-order valence-corrected chi connectivity index (χ0v) is 20.8. The molecule has 38 heavy (non-hydrogen) atoms. The largest absolute Gasteiger partial charge is 0.454 e. The molecule has 1 N–H and O–H groups in total. The third-order valence-corrected chi connectivity index (χ3v) is 5.65. The monoisotopic (exact) mass is 529 g/mol. The lowest BCUT2D eigenvalue weighted by molar-refractivity contribution is -0.384. The van der Waals surface area contributed by atoms with Gasteiger partial charge in [0.05, 0.1) is 11.3 Å². The Bertz CT molecular complexity index is 1340. The molecule has 12 heteroatoms. The number of nitro benzene ring substituents is 1. The van der Waals surface area contributed by atoms with Gasteiger partial charge in [-0.1, -0.05) is 0 Å². The topological polar surface area (TPSA) is 130 Å². The van der Waals surface area contributed by atoms with Gasteiger partial charge in [-0.25, -0.2) is 0 Å². The average Bonchev–Trinajstić information content (AvgIpc) is 3.17. The van der Waals surface area contributed by atoms with E-state index in [0.717, 1.165) is 0 Å². The summed E-state index contributed by atoms with van der Waals surface area (Å²) in [6, 6.07) is 12.6. The van der Waals surface area contributed by atoms with E-state index in [9.17, 15) is 33.3 Å². The van der Waals surface area contributed by atoms with Crippen molar-refractivity contribution in [2.75, 3.05) is 6.54 Å². The van der Waals surface area contributed by atoms with Crippen molar-refractivity contribution in [3.8, 4) is 11.4 Å². The predicted molar refractivity (Wildman–Crippen MR) is 132 cm³/mol. The number of esters is 1. The lowest BCUT2D eigenvalue weighted by Gasteiger charge is -2.14.